The van der Waals surface area contributed by atoms with Gasteiger partial charge < -0.3 is 10.1 Å². The number of benzene rings is 2. The van der Waals surface area contributed by atoms with Crippen molar-refractivity contribution >= 4 is 27.5 Å². The van der Waals surface area contributed by atoms with Gasteiger partial charge in [-0.3, -0.25) is 9.78 Å². The Morgan fingerprint density at radius 3 is 2.21 bits per heavy atom. The number of fused-ring (bicyclic) bond motifs is 4. The van der Waals surface area contributed by atoms with E-state index in [1.807, 2.05) is 52.2 Å². The van der Waals surface area contributed by atoms with E-state index in [0.717, 1.165) is 47.8 Å². The number of hydrogen-bond acceptors (Lipinski definition) is 4. The van der Waals surface area contributed by atoms with Crippen LogP contribution < -0.4 is 0 Å². The summed E-state index contributed by atoms with van der Waals surface area (Å²) in [5.41, 5.74) is 7.03. The molecular formula is C38H47IrN2O2-. The van der Waals surface area contributed by atoms with Crippen LogP contribution in [-0.4, -0.2) is 20.9 Å². The number of hydrogen-bond donors (Lipinski definition) is 1. The van der Waals surface area contributed by atoms with Crippen LogP contribution in [0.15, 0.2) is 60.6 Å². The molecule has 0 aliphatic heterocycles. The SMILES string of the molecule is CC(C)(C)c1cc2c3c(nccc3c1)-c1[c-]cc3cccnc3c1C2(C)C.CCC(CC)C(=O)/C=C(\O)C(CC)CC.[Ir]. The smallest absolute Gasteiger partial charge is 0.162 e. The monoisotopic (exact) mass is 756 g/mol. The Labute approximate surface area is 271 Å². The minimum absolute atomic E-state index is 0. The first-order valence-corrected chi connectivity index (χ1v) is 15.6. The fourth-order valence-corrected chi connectivity index (χ4v) is 6.23. The van der Waals surface area contributed by atoms with Crippen molar-refractivity contribution in [1.29, 1.82) is 0 Å². The minimum Gasteiger partial charge on any atom is -0.512 e. The van der Waals surface area contributed by atoms with Gasteiger partial charge in [0.25, 0.3) is 0 Å². The van der Waals surface area contributed by atoms with Crippen molar-refractivity contribution in [2.75, 3.05) is 0 Å². The summed E-state index contributed by atoms with van der Waals surface area (Å²) in [6.07, 6.45) is 8.71. The van der Waals surface area contributed by atoms with Gasteiger partial charge in [-0.1, -0.05) is 97.5 Å². The van der Waals surface area contributed by atoms with Gasteiger partial charge in [0.05, 0.1) is 5.76 Å². The number of carbonyl (C=O) groups is 1. The number of ketones is 1. The topological polar surface area (TPSA) is 63.1 Å². The average Bonchev–Trinajstić information content (AvgIpc) is 2.96. The van der Waals surface area contributed by atoms with Gasteiger partial charge in [0.2, 0.25) is 0 Å². The molecule has 0 bridgehead atoms. The number of aromatic nitrogens is 2. The van der Waals surface area contributed by atoms with Crippen molar-refractivity contribution in [2.24, 2.45) is 11.8 Å². The summed E-state index contributed by atoms with van der Waals surface area (Å²) >= 11 is 0. The molecule has 0 amide bonds. The predicted molar refractivity (Wildman–Crippen MR) is 176 cm³/mol. The fraction of sp³-hybridized carbons (Fsp3) is 0.447. The maximum absolute atomic E-state index is 11.7. The van der Waals surface area contributed by atoms with Crippen LogP contribution in [0.4, 0.5) is 0 Å². The quantitative estimate of drug-likeness (QED) is 0.116. The second-order valence-corrected chi connectivity index (χ2v) is 13.1. The first kappa shape index (κ1) is 34.6. The maximum atomic E-state index is 11.7. The molecule has 2 aromatic carbocycles. The van der Waals surface area contributed by atoms with Crippen LogP contribution >= 0.6 is 0 Å². The molecule has 1 radical (unpaired) electrons. The standard InChI is InChI=1S/C25H23N2.C13H24O2.Ir/c1-24(2,3)17-13-16-10-12-27-23-18-9-8-15-7-6-11-26-22(15)21(18)25(4,5)19(14-17)20(16)23;1-5-10(6-2)12(14)9-13(15)11(7-3)8-4;/h6-8,10-14H,1-5H3;9-11,14H,5-8H2,1-4H3;/q-1;;/b;12-9-;. The Balaban J connectivity index is 0.000000274. The molecule has 5 rings (SSSR count). The summed E-state index contributed by atoms with van der Waals surface area (Å²) in [6, 6.07) is 16.5. The van der Waals surface area contributed by atoms with E-state index in [0.29, 0.717) is 0 Å². The molecule has 1 N–H and O–H groups in total. The first-order valence-electron chi connectivity index (χ1n) is 15.6. The Bertz CT molecular complexity index is 1620. The number of aliphatic hydroxyl groups excluding tert-OH is 1. The van der Waals surface area contributed by atoms with Crippen LogP contribution in [0, 0.1) is 17.9 Å². The van der Waals surface area contributed by atoms with Gasteiger partial charge in [-0.2, -0.15) is 0 Å². The second-order valence-electron chi connectivity index (χ2n) is 13.1. The van der Waals surface area contributed by atoms with Gasteiger partial charge in [0, 0.05) is 50.4 Å². The molecule has 0 saturated carbocycles. The van der Waals surface area contributed by atoms with Gasteiger partial charge in [-0.05, 0) is 75.7 Å². The molecule has 5 heteroatoms. The molecule has 2 aromatic heterocycles. The number of pyridine rings is 2. The molecule has 2 heterocycles. The summed E-state index contributed by atoms with van der Waals surface area (Å²) in [4.78, 5) is 21.3. The van der Waals surface area contributed by atoms with Gasteiger partial charge in [-0.15, -0.1) is 17.7 Å². The number of allylic oxidation sites excluding steroid dienone is 2. The summed E-state index contributed by atoms with van der Waals surface area (Å²) in [7, 11) is 0. The van der Waals surface area contributed by atoms with Gasteiger partial charge >= 0.3 is 0 Å². The van der Waals surface area contributed by atoms with Crippen molar-refractivity contribution in [2.45, 2.75) is 98.8 Å². The molecule has 4 nitrogen and oxygen atoms in total. The predicted octanol–water partition coefficient (Wildman–Crippen LogP) is 10.1. The van der Waals surface area contributed by atoms with E-state index in [4.69, 9.17) is 9.97 Å². The Hall–Kier alpha value is -2.88. The van der Waals surface area contributed by atoms with E-state index >= 15 is 0 Å². The molecular weight excluding hydrogens is 709 g/mol. The van der Waals surface area contributed by atoms with E-state index < -0.39 is 0 Å². The Kier molecular flexibility index (Phi) is 11.1. The molecule has 0 spiro atoms. The third kappa shape index (κ3) is 6.79. The van der Waals surface area contributed by atoms with Crippen LogP contribution in [0.1, 0.15) is 105 Å². The minimum atomic E-state index is -0.171. The third-order valence-corrected chi connectivity index (χ3v) is 9.04. The van der Waals surface area contributed by atoms with Crippen LogP contribution in [0.3, 0.4) is 0 Å². The van der Waals surface area contributed by atoms with Crippen LogP contribution in [0.25, 0.3) is 32.9 Å². The van der Waals surface area contributed by atoms with E-state index in [1.54, 1.807) is 0 Å². The van der Waals surface area contributed by atoms with Crippen molar-refractivity contribution in [3.8, 4) is 11.3 Å². The van der Waals surface area contributed by atoms with Crippen LogP contribution in [0.5, 0.6) is 0 Å². The number of aliphatic hydroxyl groups is 1. The largest absolute Gasteiger partial charge is 0.512 e. The molecule has 0 saturated heterocycles. The molecule has 43 heavy (non-hydrogen) atoms. The normalized spacial score (nSPS) is 13.9. The van der Waals surface area contributed by atoms with Crippen LogP contribution in [0.2, 0.25) is 0 Å². The van der Waals surface area contributed by atoms with E-state index in [-0.39, 0.29) is 54.3 Å². The summed E-state index contributed by atoms with van der Waals surface area (Å²) in [5.74, 6) is 0.547. The summed E-state index contributed by atoms with van der Waals surface area (Å²) in [6.45, 7) is 19.5. The van der Waals surface area contributed by atoms with E-state index in [9.17, 15) is 9.90 Å². The zero-order chi connectivity index (χ0) is 30.8. The van der Waals surface area contributed by atoms with Gasteiger partial charge in [0.1, 0.15) is 0 Å². The fourth-order valence-electron chi connectivity index (χ4n) is 6.23. The molecule has 0 atom stereocenters. The van der Waals surface area contributed by atoms with E-state index in [2.05, 4.69) is 65.0 Å². The van der Waals surface area contributed by atoms with Gasteiger partial charge in [0.15, 0.2) is 5.78 Å². The molecule has 1 aliphatic rings. The second kappa shape index (κ2) is 13.8. The molecule has 0 unspecified atom stereocenters. The summed E-state index contributed by atoms with van der Waals surface area (Å²) < 4.78 is 0. The van der Waals surface area contributed by atoms with Crippen molar-refractivity contribution in [1.82, 2.24) is 9.97 Å². The number of rotatable bonds is 7. The van der Waals surface area contributed by atoms with Crippen molar-refractivity contribution < 1.29 is 30.0 Å². The van der Waals surface area contributed by atoms with Gasteiger partial charge in [-0.25, -0.2) is 0 Å². The van der Waals surface area contributed by atoms with Crippen LogP contribution in [-0.2, 0) is 35.7 Å². The first-order chi connectivity index (χ1) is 19.9. The van der Waals surface area contributed by atoms with E-state index in [1.165, 1.54) is 33.5 Å². The molecule has 1 aliphatic carbocycles. The Morgan fingerprint density at radius 1 is 0.953 bits per heavy atom. The molecule has 4 aromatic rings. The number of nitrogens with zero attached hydrogens (tertiary/aromatic N) is 2. The number of carbonyl (C=O) groups excluding carboxylic acids is 1. The molecule has 231 valence electrons. The van der Waals surface area contributed by atoms with Crippen molar-refractivity contribution in [3.05, 3.63) is 83.4 Å². The molecule has 0 fully saturated rings. The zero-order valence-electron chi connectivity index (χ0n) is 27.3. The Morgan fingerprint density at radius 2 is 1.60 bits per heavy atom. The maximum Gasteiger partial charge on any atom is 0.162 e. The average molecular weight is 756 g/mol. The van der Waals surface area contributed by atoms with Crippen molar-refractivity contribution in [3.63, 3.8) is 0 Å². The third-order valence-electron chi connectivity index (χ3n) is 9.04. The zero-order valence-corrected chi connectivity index (χ0v) is 29.7. The summed E-state index contributed by atoms with van der Waals surface area (Å²) in [5, 5.41) is 13.4.